The highest BCUT2D eigenvalue weighted by Gasteiger charge is 2.42. The molecule has 1 aromatic heterocycles. The lowest BCUT2D eigenvalue weighted by Gasteiger charge is -2.27. The highest BCUT2D eigenvalue weighted by molar-refractivity contribution is 6.23. The van der Waals surface area contributed by atoms with Crippen LogP contribution in [0, 0.1) is 0 Å². The Morgan fingerprint density at radius 3 is 2.37 bits per heavy atom. The first-order chi connectivity index (χ1) is 18.5. The zero-order valence-corrected chi connectivity index (χ0v) is 22.9. The standard InChI is InChI=1S/C30H38N4O4/c1-5-31-23-11-7-9-13-25(23)33(15-17-37-3)27(31)19-21-29(35)22(30(21)36)20-28-32(6-2)24-12-8-10-14-26(24)34(28)16-18-38-4/h7,9,11-14,19-20,23,25H,5-6,8,10,15-18H2,1-4H3/p+1. The number of methoxy groups -OCH3 is 2. The maximum absolute atomic E-state index is 13.5. The number of aliphatic hydroxyl groups excluding tert-OH is 1. The van der Waals surface area contributed by atoms with Crippen molar-refractivity contribution in [1.29, 1.82) is 0 Å². The Hall–Kier alpha value is -3.36. The first-order valence-electron chi connectivity index (χ1n) is 13.7. The number of aromatic nitrogens is 2. The molecule has 1 fully saturated rings. The normalized spacial score (nSPS) is 24.2. The highest BCUT2D eigenvalue weighted by atomic mass is 16.5. The van der Waals surface area contributed by atoms with Gasteiger partial charge in [0, 0.05) is 33.4 Å². The minimum absolute atomic E-state index is 0.0549. The van der Waals surface area contributed by atoms with Gasteiger partial charge in [-0.15, -0.1) is 0 Å². The number of fused-ring (bicyclic) bond motifs is 2. The van der Waals surface area contributed by atoms with E-state index in [1.807, 2.05) is 12.2 Å². The van der Waals surface area contributed by atoms with Crippen LogP contribution in [0.2, 0.25) is 0 Å². The third-order valence-corrected chi connectivity index (χ3v) is 7.88. The summed E-state index contributed by atoms with van der Waals surface area (Å²) in [5, 5.41) is 13.5. The number of imidazole rings is 1. The van der Waals surface area contributed by atoms with Gasteiger partial charge in [-0.3, -0.25) is 4.79 Å². The molecule has 0 amide bonds. The van der Waals surface area contributed by atoms with Crippen molar-refractivity contribution >= 4 is 24.0 Å². The lowest BCUT2D eigenvalue weighted by molar-refractivity contribution is -0.711. The molecule has 0 spiro atoms. The van der Waals surface area contributed by atoms with E-state index in [9.17, 15) is 9.90 Å². The molecule has 2 atom stereocenters. The van der Waals surface area contributed by atoms with Crippen LogP contribution < -0.4 is 15.3 Å². The van der Waals surface area contributed by atoms with Crippen LogP contribution in [-0.4, -0.2) is 77.9 Å². The number of carbonyl (C=O) groups is 1. The van der Waals surface area contributed by atoms with E-state index in [1.54, 1.807) is 14.2 Å². The lowest BCUT2D eigenvalue weighted by atomic mass is 9.87. The fraction of sp³-hybridized carbons (Fsp3) is 0.467. The predicted molar refractivity (Wildman–Crippen MR) is 147 cm³/mol. The highest BCUT2D eigenvalue weighted by Crippen LogP contribution is 2.37. The summed E-state index contributed by atoms with van der Waals surface area (Å²) in [7, 11) is 3.40. The van der Waals surface area contributed by atoms with Gasteiger partial charge in [0.25, 0.3) is 5.82 Å². The number of carbonyl (C=O) groups excluding carboxylic acids is 1. The second kappa shape index (κ2) is 11.2. The molecule has 8 heteroatoms. The Morgan fingerprint density at radius 1 is 1.00 bits per heavy atom. The van der Waals surface area contributed by atoms with Gasteiger partial charge >= 0.3 is 0 Å². The van der Waals surface area contributed by atoms with Gasteiger partial charge in [-0.2, -0.15) is 0 Å². The van der Waals surface area contributed by atoms with Gasteiger partial charge in [0.15, 0.2) is 10.7 Å². The second-order valence-corrected chi connectivity index (χ2v) is 9.88. The average molecular weight is 520 g/mol. The molecule has 1 saturated heterocycles. The second-order valence-electron chi connectivity index (χ2n) is 9.88. The summed E-state index contributed by atoms with van der Waals surface area (Å²) < 4.78 is 15.2. The Balaban J connectivity index is 1.56. The molecular weight excluding hydrogens is 480 g/mol. The van der Waals surface area contributed by atoms with Crippen LogP contribution in [0.4, 0.5) is 0 Å². The van der Waals surface area contributed by atoms with Gasteiger partial charge < -0.3 is 24.4 Å². The average Bonchev–Trinajstić information content (AvgIpc) is 3.42. The molecule has 5 rings (SSSR count). The van der Waals surface area contributed by atoms with E-state index in [1.165, 1.54) is 5.35 Å². The summed E-state index contributed by atoms with van der Waals surface area (Å²) in [4.78, 5) is 18.0. The molecule has 2 heterocycles. The van der Waals surface area contributed by atoms with Crippen molar-refractivity contribution in [3.8, 4) is 0 Å². The number of aliphatic hydroxyl groups is 1. The molecule has 38 heavy (non-hydrogen) atoms. The maximum atomic E-state index is 13.5. The maximum Gasteiger partial charge on any atom is 0.283 e. The summed E-state index contributed by atoms with van der Waals surface area (Å²) in [6.07, 6.45) is 18.7. The molecule has 0 saturated carbocycles. The largest absolute Gasteiger partial charge is 0.506 e. The predicted octanol–water partition coefficient (Wildman–Crippen LogP) is 1.56. The SMILES string of the molecule is CCN1/C(=C/C2=C(O)C(=C\c3n(CC)c4c([n+]3CCOC)=CCCC=4)/C2=O)N(CCOC)C2C=CC=CC21. The summed E-state index contributed by atoms with van der Waals surface area (Å²) >= 11 is 0. The first-order valence-corrected chi connectivity index (χ1v) is 13.7. The van der Waals surface area contributed by atoms with Gasteiger partial charge in [0.05, 0.1) is 43.0 Å². The molecule has 3 aliphatic carbocycles. The van der Waals surface area contributed by atoms with Gasteiger partial charge in [0.1, 0.15) is 18.1 Å². The van der Waals surface area contributed by atoms with Crippen LogP contribution in [0.3, 0.4) is 0 Å². The first kappa shape index (κ1) is 26.3. The zero-order chi connectivity index (χ0) is 26.8. The number of allylic oxidation sites excluding steroid dienone is 5. The molecule has 1 aromatic rings. The number of nitrogens with zero attached hydrogens (tertiary/aromatic N) is 4. The van der Waals surface area contributed by atoms with Crippen LogP contribution in [0.5, 0.6) is 0 Å². The molecule has 1 aliphatic heterocycles. The van der Waals surface area contributed by atoms with E-state index in [0.717, 1.165) is 42.9 Å². The number of likely N-dealkylation sites (N-methyl/N-ethyl adjacent to an activating group) is 1. The van der Waals surface area contributed by atoms with Gasteiger partial charge in [-0.05, 0) is 44.9 Å². The van der Waals surface area contributed by atoms with E-state index in [-0.39, 0.29) is 23.6 Å². The summed E-state index contributed by atoms with van der Waals surface area (Å²) in [6.45, 7) is 8.31. The van der Waals surface area contributed by atoms with Crippen molar-refractivity contribution in [3.63, 3.8) is 0 Å². The van der Waals surface area contributed by atoms with Crippen LogP contribution in [-0.2, 0) is 27.4 Å². The van der Waals surface area contributed by atoms with Crippen molar-refractivity contribution in [2.45, 2.75) is 51.9 Å². The smallest absolute Gasteiger partial charge is 0.283 e. The number of ether oxygens (including phenoxy) is 2. The Kier molecular flexibility index (Phi) is 7.72. The molecule has 4 aliphatic rings. The summed E-state index contributed by atoms with van der Waals surface area (Å²) in [5.41, 5.74) is 0.717. The van der Waals surface area contributed by atoms with Gasteiger partial charge in [-0.25, -0.2) is 9.13 Å². The third-order valence-electron chi connectivity index (χ3n) is 7.88. The van der Waals surface area contributed by atoms with Crippen LogP contribution in [0.15, 0.2) is 53.1 Å². The van der Waals surface area contributed by atoms with Gasteiger partial charge in [0.2, 0.25) is 5.78 Å². The molecule has 202 valence electrons. The zero-order valence-electron chi connectivity index (χ0n) is 22.9. The Morgan fingerprint density at radius 2 is 1.71 bits per heavy atom. The van der Waals surface area contributed by atoms with Crippen LogP contribution >= 0.6 is 0 Å². The molecule has 0 radical (unpaired) electrons. The fourth-order valence-electron chi connectivity index (χ4n) is 6.04. The molecule has 0 bridgehead atoms. The van der Waals surface area contributed by atoms with Crippen molar-refractivity contribution in [2.75, 3.05) is 40.5 Å². The monoisotopic (exact) mass is 519 g/mol. The molecule has 2 unspecified atom stereocenters. The van der Waals surface area contributed by atoms with E-state index >= 15 is 0 Å². The fourth-order valence-corrected chi connectivity index (χ4v) is 6.04. The quantitative estimate of drug-likeness (QED) is 0.374. The number of Topliss-reactive ketones (excluding diaryl/α,β-unsaturated/α-hetero) is 1. The van der Waals surface area contributed by atoms with E-state index in [4.69, 9.17) is 9.47 Å². The van der Waals surface area contributed by atoms with Crippen molar-refractivity contribution in [3.05, 3.63) is 69.6 Å². The lowest BCUT2D eigenvalue weighted by Crippen LogP contribution is -2.55. The Labute approximate surface area is 224 Å². The summed E-state index contributed by atoms with van der Waals surface area (Å²) in [6, 6.07) is 0.355. The minimum atomic E-state index is -0.133. The molecule has 1 N–H and O–H groups in total. The van der Waals surface area contributed by atoms with Gasteiger partial charge in [-0.1, -0.05) is 24.3 Å². The van der Waals surface area contributed by atoms with Crippen LogP contribution in [0.1, 0.15) is 32.5 Å². The Bertz CT molecular complexity index is 1380. The number of ketones is 1. The summed E-state index contributed by atoms with van der Waals surface area (Å²) in [5.74, 6) is 1.77. The van der Waals surface area contributed by atoms with E-state index in [0.29, 0.717) is 37.4 Å². The number of hydrogen-bond acceptors (Lipinski definition) is 6. The topological polar surface area (TPSA) is 71.1 Å². The molecule has 0 aromatic carbocycles. The van der Waals surface area contributed by atoms with E-state index < -0.39 is 0 Å². The third kappa shape index (κ3) is 4.35. The van der Waals surface area contributed by atoms with E-state index in [2.05, 4.69) is 69.2 Å². The van der Waals surface area contributed by atoms with Crippen molar-refractivity contribution in [2.24, 2.45) is 0 Å². The van der Waals surface area contributed by atoms with Crippen LogP contribution in [0.25, 0.3) is 18.2 Å². The number of hydrogen-bond donors (Lipinski definition) is 1. The molecule has 8 nitrogen and oxygen atoms in total. The molecular formula is C30H39N4O4+. The number of rotatable bonds is 10. The van der Waals surface area contributed by atoms with Crippen molar-refractivity contribution in [1.82, 2.24) is 14.4 Å². The minimum Gasteiger partial charge on any atom is -0.506 e. The van der Waals surface area contributed by atoms with Crippen molar-refractivity contribution < 1.29 is 23.9 Å².